The Bertz CT molecular complexity index is 1030. The maximum Gasteiger partial charge on any atom is 0.238 e. The van der Waals surface area contributed by atoms with Gasteiger partial charge in [0.15, 0.2) is 16.7 Å². The second-order valence-corrected chi connectivity index (χ2v) is 6.47. The molecule has 3 aromatic heterocycles. The topological polar surface area (TPSA) is 92.0 Å². The standard InChI is InChI=1S/C18H17N5O3S/c1-3-23-17(12-7-4-5-8-13(12)24-2)20-21-18(23)27-11-15-19-16(22-26-15)14-9-6-10-25-14/h4-10H,3,11H2,1-2H3. The number of nitrogens with zero attached hydrogens (tertiary/aromatic N) is 5. The number of ether oxygens (including phenoxy) is 1. The Morgan fingerprint density at radius 1 is 1.15 bits per heavy atom. The van der Waals surface area contributed by atoms with Crippen LogP contribution in [-0.4, -0.2) is 32.0 Å². The van der Waals surface area contributed by atoms with E-state index >= 15 is 0 Å². The van der Waals surface area contributed by atoms with Crippen LogP contribution in [-0.2, 0) is 12.3 Å². The van der Waals surface area contributed by atoms with Crippen molar-refractivity contribution in [2.45, 2.75) is 24.4 Å². The zero-order valence-corrected chi connectivity index (χ0v) is 15.6. The van der Waals surface area contributed by atoms with Crippen LogP contribution in [0.1, 0.15) is 12.8 Å². The molecule has 0 atom stereocenters. The van der Waals surface area contributed by atoms with Gasteiger partial charge in [0.2, 0.25) is 11.7 Å². The number of hydrogen-bond donors (Lipinski definition) is 0. The third kappa shape index (κ3) is 3.45. The molecule has 4 rings (SSSR count). The van der Waals surface area contributed by atoms with Gasteiger partial charge in [-0.1, -0.05) is 29.1 Å². The molecule has 0 fully saturated rings. The summed E-state index contributed by atoms with van der Waals surface area (Å²) in [5, 5.41) is 13.4. The fourth-order valence-corrected chi connectivity index (χ4v) is 3.49. The Balaban J connectivity index is 1.54. The predicted molar refractivity (Wildman–Crippen MR) is 99.2 cm³/mol. The summed E-state index contributed by atoms with van der Waals surface area (Å²) in [6.45, 7) is 2.78. The molecular weight excluding hydrogens is 366 g/mol. The van der Waals surface area contributed by atoms with Crippen LogP contribution in [0.3, 0.4) is 0 Å². The second-order valence-electron chi connectivity index (χ2n) is 5.53. The quantitative estimate of drug-likeness (QED) is 0.444. The number of aromatic nitrogens is 5. The number of thioether (sulfide) groups is 1. The van der Waals surface area contributed by atoms with Crippen LogP contribution >= 0.6 is 11.8 Å². The number of furan rings is 1. The zero-order chi connectivity index (χ0) is 18.6. The van der Waals surface area contributed by atoms with Gasteiger partial charge in [-0.15, -0.1) is 10.2 Å². The van der Waals surface area contributed by atoms with E-state index < -0.39 is 0 Å². The van der Waals surface area contributed by atoms with Crippen molar-refractivity contribution in [2.75, 3.05) is 7.11 Å². The lowest BCUT2D eigenvalue weighted by atomic mass is 10.2. The van der Waals surface area contributed by atoms with Crippen molar-refractivity contribution in [3.05, 3.63) is 48.6 Å². The van der Waals surface area contributed by atoms with Gasteiger partial charge in [-0.2, -0.15) is 4.98 Å². The van der Waals surface area contributed by atoms with Gasteiger partial charge in [0, 0.05) is 6.54 Å². The Labute approximate surface area is 159 Å². The van der Waals surface area contributed by atoms with E-state index in [0.717, 1.165) is 28.8 Å². The van der Waals surface area contributed by atoms with E-state index in [4.69, 9.17) is 13.7 Å². The van der Waals surface area contributed by atoms with Crippen LogP contribution in [0.4, 0.5) is 0 Å². The lowest BCUT2D eigenvalue weighted by Crippen LogP contribution is -2.01. The van der Waals surface area contributed by atoms with Crippen molar-refractivity contribution in [1.29, 1.82) is 0 Å². The average molecular weight is 383 g/mol. The van der Waals surface area contributed by atoms with Crippen molar-refractivity contribution in [1.82, 2.24) is 24.9 Å². The van der Waals surface area contributed by atoms with Crippen LogP contribution in [0.15, 0.2) is 56.8 Å². The third-order valence-corrected chi connectivity index (χ3v) is 4.87. The van der Waals surface area contributed by atoms with Crippen LogP contribution < -0.4 is 4.74 Å². The van der Waals surface area contributed by atoms with Gasteiger partial charge in [-0.3, -0.25) is 0 Å². The molecular formula is C18H17N5O3S. The molecule has 0 saturated heterocycles. The first-order chi connectivity index (χ1) is 13.3. The molecule has 8 nitrogen and oxygen atoms in total. The summed E-state index contributed by atoms with van der Waals surface area (Å²) < 4.78 is 18.0. The predicted octanol–water partition coefficient (Wildman–Crippen LogP) is 3.91. The SMILES string of the molecule is CCn1c(SCc2nc(-c3ccco3)no2)nnc1-c1ccccc1OC. The van der Waals surface area contributed by atoms with Crippen molar-refractivity contribution < 1.29 is 13.7 Å². The van der Waals surface area contributed by atoms with E-state index in [1.807, 2.05) is 35.8 Å². The lowest BCUT2D eigenvalue weighted by Gasteiger charge is -2.09. The van der Waals surface area contributed by atoms with Crippen LogP contribution in [0.5, 0.6) is 5.75 Å². The van der Waals surface area contributed by atoms with E-state index in [2.05, 4.69) is 20.3 Å². The van der Waals surface area contributed by atoms with E-state index in [0.29, 0.717) is 23.2 Å². The van der Waals surface area contributed by atoms with Crippen molar-refractivity contribution >= 4 is 11.8 Å². The molecule has 0 unspecified atom stereocenters. The van der Waals surface area contributed by atoms with Crippen molar-refractivity contribution in [3.63, 3.8) is 0 Å². The Morgan fingerprint density at radius 3 is 2.81 bits per heavy atom. The van der Waals surface area contributed by atoms with Crippen molar-refractivity contribution in [3.8, 4) is 28.7 Å². The molecule has 4 aromatic rings. The van der Waals surface area contributed by atoms with Crippen LogP contribution in [0.2, 0.25) is 0 Å². The Kier molecular flexibility index (Phi) is 4.93. The minimum atomic E-state index is 0.433. The van der Waals surface area contributed by atoms with Gasteiger partial charge in [-0.05, 0) is 31.2 Å². The second kappa shape index (κ2) is 7.67. The number of benzene rings is 1. The summed E-state index contributed by atoms with van der Waals surface area (Å²) in [7, 11) is 1.65. The monoisotopic (exact) mass is 383 g/mol. The largest absolute Gasteiger partial charge is 0.496 e. The van der Waals surface area contributed by atoms with E-state index in [9.17, 15) is 0 Å². The molecule has 1 aromatic carbocycles. The van der Waals surface area contributed by atoms with Gasteiger partial charge in [0.05, 0.1) is 24.7 Å². The number of methoxy groups -OCH3 is 1. The van der Waals surface area contributed by atoms with E-state index in [1.165, 1.54) is 11.8 Å². The lowest BCUT2D eigenvalue weighted by molar-refractivity contribution is 0.390. The first kappa shape index (κ1) is 17.3. The fourth-order valence-electron chi connectivity index (χ4n) is 2.65. The molecule has 0 aliphatic carbocycles. The smallest absolute Gasteiger partial charge is 0.238 e. The highest BCUT2D eigenvalue weighted by atomic mass is 32.2. The molecule has 0 spiro atoms. The molecule has 138 valence electrons. The molecule has 0 aliphatic heterocycles. The fraction of sp³-hybridized carbons (Fsp3) is 0.222. The third-order valence-electron chi connectivity index (χ3n) is 3.92. The molecule has 9 heteroatoms. The minimum absolute atomic E-state index is 0.433. The normalized spacial score (nSPS) is 11.0. The summed E-state index contributed by atoms with van der Waals surface area (Å²) in [5.74, 6) is 3.51. The van der Waals surface area contributed by atoms with E-state index in [-0.39, 0.29) is 0 Å². The van der Waals surface area contributed by atoms with Gasteiger partial charge in [0.25, 0.3) is 0 Å². The van der Waals surface area contributed by atoms with Gasteiger partial charge in [0.1, 0.15) is 5.75 Å². The maximum absolute atomic E-state index is 5.45. The molecule has 0 saturated carbocycles. The molecule has 0 aliphatic rings. The van der Waals surface area contributed by atoms with E-state index in [1.54, 1.807) is 25.5 Å². The summed E-state index contributed by atoms with van der Waals surface area (Å²) in [6, 6.07) is 11.3. The summed E-state index contributed by atoms with van der Waals surface area (Å²) in [5.41, 5.74) is 0.902. The first-order valence-corrected chi connectivity index (χ1v) is 9.34. The van der Waals surface area contributed by atoms with Crippen LogP contribution in [0.25, 0.3) is 23.0 Å². The molecule has 27 heavy (non-hydrogen) atoms. The Morgan fingerprint density at radius 2 is 2.04 bits per heavy atom. The zero-order valence-electron chi connectivity index (χ0n) is 14.8. The van der Waals surface area contributed by atoms with Gasteiger partial charge >= 0.3 is 0 Å². The molecule has 3 heterocycles. The summed E-state index contributed by atoms with van der Waals surface area (Å²) in [4.78, 5) is 4.35. The number of rotatable bonds is 7. The highest BCUT2D eigenvalue weighted by molar-refractivity contribution is 7.98. The van der Waals surface area contributed by atoms with Gasteiger partial charge in [-0.25, -0.2) is 0 Å². The molecule has 0 amide bonds. The summed E-state index contributed by atoms with van der Waals surface area (Å²) in [6.07, 6.45) is 1.57. The summed E-state index contributed by atoms with van der Waals surface area (Å²) >= 11 is 1.49. The van der Waals surface area contributed by atoms with Gasteiger partial charge < -0.3 is 18.2 Å². The number of hydrogen-bond acceptors (Lipinski definition) is 8. The number of para-hydroxylation sites is 1. The first-order valence-electron chi connectivity index (χ1n) is 8.36. The average Bonchev–Trinajstić information content (AvgIpc) is 3.46. The molecule has 0 bridgehead atoms. The highest BCUT2D eigenvalue weighted by Crippen LogP contribution is 2.31. The van der Waals surface area contributed by atoms with Crippen molar-refractivity contribution in [2.24, 2.45) is 0 Å². The molecule has 0 radical (unpaired) electrons. The Hall–Kier alpha value is -3.07. The highest BCUT2D eigenvalue weighted by Gasteiger charge is 2.18. The minimum Gasteiger partial charge on any atom is -0.496 e. The van der Waals surface area contributed by atoms with Crippen LogP contribution in [0, 0.1) is 0 Å². The maximum atomic E-state index is 5.45. The molecule has 0 N–H and O–H groups in total.